The average Bonchev–Trinajstić information content (AvgIpc) is 3.13. The van der Waals surface area contributed by atoms with E-state index in [1.54, 1.807) is 32.2 Å². The second-order valence-corrected chi connectivity index (χ2v) is 8.57. The molecule has 0 aliphatic rings. The monoisotopic (exact) mass is 463 g/mol. The van der Waals surface area contributed by atoms with Gasteiger partial charge < -0.3 is 14.0 Å². The lowest BCUT2D eigenvalue weighted by atomic mass is 9.95. The molecule has 0 saturated carbocycles. The van der Waals surface area contributed by atoms with Crippen LogP contribution in [0.25, 0.3) is 16.5 Å². The first kappa shape index (κ1) is 25.4. The van der Waals surface area contributed by atoms with Crippen molar-refractivity contribution in [1.29, 1.82) is 0 Å². The second kappa shape index (κ2) is 11.3. The van der Waals surface area contributed by atoms with Crippen LogP contribution < -0.4 is 0 Å². The van der Waals surface area contributed by atoms with Crippen molar-refractivity contribution < 1.29 is 18.7 Å². The predicted molar refractivity (Wildman–Crippen MR) is 137 cm³/mol. The van der Waals surface area contributed by atoms with Gasteiger partial charge in [-0.05, 0) is 63.5 Å². The van der Waals surface area contributed by atoms with Crippen LogP contribution in [-0.4, -0.2) is 30.4 Å². The van der Waals surface area contributed by atoms with E-state index in [2.05, 4.69) is 19.1 Å². The summed E-state index contributed by atoms with van der Waals surface area (Å²) in [5, 5.41) is 0.927. The Labute approximate surface area is 201 Å². The maximum atomic E-state index is 14.7. The third-order valence-corrected chi connectivity index (χ3v) is 5.97. The average molecular weight is 464 g/mol. The van der Waals surface area contributed by atoms with Gasteiger partial charge in [0.2, 0.25) is 0 Å². The molecule has 0 bridgehead atoms. The number of carbonyl (C=O) groups is 1. The molecule has 0 amide bonds. The molecule has 34 heavy (non-hydrogen) atoms. The topological polar surface area (TPSA) is 40.5 Å². The van der Waals surface area contributed by atoms with E-state index < -0.39 is 5.97 Å². The van der Waals surface area contributed by atoms with Gasteiger partial charge in [0.15, 0.2) is 0 Å². The Balaban J connectivity index is 2.44. The van der Waals surface area contributed by atoms with Crippen LogP contribution in [0, 0.1) is 5.82 Å². The van der Waals surface area contributed by atoms with Crippen molar-refractivity contribution >= 4 is 22.4 Å². The molecule has 0 saturated heterocycles. The molecule has 0 fully saturated rings. The molecule has 0 aliphatic carbocycles. The summed E-state index contributed by atoms with van der Waals surface area (Å²) < 4.78 is 27.8. The summed E-state index contributed by atoms with van der Waals surface area (Å²) in [6, 6.07) is 12.8. The Hall–Kier alpha value is -3.18. The standard InChI is InChI=1S/C29H34FNO3/c1-7-21-14-16-26-24(17-21)27(23(20(5)33-6)15-13-19(3)4)28(29(32)34-8-2)31(26)18-22-11-9-10-12-25(22)30/h9-17,20H,7-8,18H2,1-6H3/b23-15+. The highest BCUT2D eigenvalue weighted by atomic mass is 19.1. The number of ether oxygens (including phenoxy) is 2. The summed E-state index contributed by atoms with van der Waals surface area (Å²) in [6.45, 7) is 10.3. The lowest BCUT2D eigenvalue weighted by Crippen LogP contribution is -2.17. The summed E-state index contributed by atoms with van der Waals surface area (Å²) in [7, 11) is 1.65. The molecule has 1 aromatic heterocycles. The number of benzene rings is 2. The van der Waals surface area contributed by atoms with Crippen molar-refractivity contribution in [3.63, 3.8) is 0 Å². The number of aryl methyl sites for hydroxylation is 1. The lowest BCUT2D eigenvalue weighted by Gasteiger charge is -2.17. The minimum absolute atomic E-state index is 0.208. The van der Waals surface area contributed by atoms with Crippen molar-refractivity contribution in [2.75, 3.05) is 13.7 Å². The number of carbonyl (C=O) groups excluding carboxylic acids is 1. The molecule has 4 nitrogen and oxygen atoms in total. The van der Waals surface area contributed by atoms with E-state index in [-0.39, 0.29) is 25.1 Å². The molecule has 1 unspecified atom stereocenters. The van der Waals surface area contributed by atoms with Gasteiger partial charge in [0, 0.05) is 29.1 Å². The van der Waals surface area contributed by atoms with E-state index in [1.165, 1.54) is 6.07 Å². The predicted octanol–water partition coefficient (Wildman–Crippen LogP) is 6.95. The minimum atomic E-state index is -0.436. The zero-order valence-electron chi connectivity index (χ0n) is 20.9. The van der Waals surface area contributed by atoms with Crippen molar-refractivity contribution in [1.82, 2.24) is 4.57 Å². The molecule has 1 heterocycles. The van der Waals surface area contributed by atoms with Crippen LogP contribution in [0.1, 0.15) is 61.8 Å². The van der Waals surface area contributed by atoms with E-state index >= 15 is 0 Å². The summed E-state index contributed by atoms with van der Waals surface area (Å²) in [5.74, 6) is -0.744. The highest BCUT2D eigenvalue weighted by molar-refractivity contribution is 6.06. The number of methoxy groups -OCH3 is 1. The van der Waals surface area contributed by atoms with Crippen molar-refractivity contribution in [3.8, 4) is 0 Å². The van der Waals surface area contributed by atoms with Gasteiger partial charge in [-0.25, -0.2) is 9.18 Å². The van der Waals surface area contributed by atoms with Crippen LogP contribution in [0.5, 0.6) is 0 Å². The SMILES string of the molecule is CCOC(=O)c1c(/C(=C/C=C(C)C)C(C)OC)c2cc(CC)ccc2n1Cc1ccccc1F. The van der Waals surface area contributed by atoms with Gasteiger partial charge in [-0.3, -0.25) is 0 Å². The summed E-state index contributed by atoms with van der Waals surface area (Å²) in [6.07, 6.45) is 4.60. The number of aromatic nitrogens is 1. The Bertz CT molecular complexity index is 1230. The van der Waals surface area contributed by atoms with Gasteiger partial charge in [-0.15, -0.1) is 0 Å². The lowest BCUT2D eigenvalue weighted by molar-refractivity contribution is 0.0514. The number of fused-ring (bicyclic) bond motifs is 1. The van der Waals surface area contributed by atoms with Crippen LogP contribution in [-0.2, 0) is 22.4 Å². The number of nitrogens with zero attached hydrogens (tertiary/aromatic N) is 1. The highest BCUT2D eigenvalue weighted by Crippen LogP contribution is 2.36. The molecule has 2 aromatic carbocycles. The number of esters is 1. The van der Waals surface area contributed by atoms with E-state index in [1.807, 2.05) is 43.6 Å². The molecular formula is C29H34FNO3. The molecule has 180 valence electrons. The molecular weight excluding hydrogens is 429 g/mol. The van der Waals surface area contributed by atoms with Crippen LogP contribution in [0.15, 0.2) is 60.2 Å². The van der Waals surface area contributed by atoms with Gasteiger partial charge in [-0.1, -0.05) is 48.9 Å². The van der Waals surface area contributed by atoms with Crippen LogP contribution >= 0.6 is 0 Å². The third-order valence-electron chi connectivity index (χ3n) is 5.97. The molecule has 0 N–H and O–H groups in total. The molecule has 0 aliphatic heterocycles. The smallest absolute Gasteiger partial charge is 0.355 e. The van der Waals surface area contributed by atoms with Crippen LogP contribution in [0.4, 0.5) is 4.39 Å². The Morgan fingerprint density at radius 3 is 2.47 bits per heavy atom. The largest absolute Gasteiger partial charge is 0.461 e. The summed E-state index contributed by atoms with van der Waals surface area (Å²) >= 11 is 0. The third kappa shape index (κ3) is 5.31. The van der Waals surface area contributed by atoms with Gasteiger partial charge in [-0.2, -0.15) is 0 Å². The second-order valence-electron chi connectivity index (χ2n) is 8.57. The van der Waals surface area contributed by atoms with Crippen molar-refractivity contribution in [2.45, 2.75) is 53.7 Å². The van der Waals surface area contributed by atoms with E-state index in [0.717, 1.165) is 39.6 Å². The Morgan fingerprint density at radius 2 is 1.85 bits per heavy atom. The molecule has 3 rings (SSSR count). The number of hydrogen-bond acceptors (Lipinski definition) is 3. The first-order valence-corrected chi connectivity index (χ1v) is 11.8. The minimum Gasteiger partial charge on any atom is -0.461 e. The van der Waals surface area contributed by atoms with E-state index in [9.17, 15) is 9.18 Å². The quantitative estimate of drug-likeness (QED) is 0.255. The van der Waals surface area contributed by atoms with Gasteiger partial charge >= 0.3 is 5.97 Å². The maximum Gasteiger partial charge on any atom is 0.355 e. The molecule has 5 heteroatoms. The number of halogens is 1. The number of rotatable bonds is 9. The Morgan fingerprint density at radius 1 is 1.12 bits per heavy atom. The first-order valence-electron chi connectivity index (χ1n) is 11.8. The normalized spacial score (nSPS) is 12.6. The fourth-order valence-corrected chi connectivity index (χ4v) is 4.09. The fraction of sp³-hybridized carbons (Fsp3) is 0.345. The van der Waals surface area contributed by atoms with Crippen LogP contribution in [0.2, 0.25) is 0 Å². The zero-order chi connectivity index (χ0) is 24.8. The van der Waals surface area contributed by atoms with Gasteiger partial charge in [0.25, 0.3) is 0 Å². The Kier molecular flexibility index (Phi) is 8.46. The highest BCUT2D eigenvalue weighted by Gasteiger charge is 2.28. The summed E-state index contributed by atoms with van der Waals surface area (Å²) in [4.78, 5) is 13.4. The van der Waals surface area contributed by atoms with Gasteiger partial charge in [0.05, 0.1) is 19.3 Å². The van der Waals surface area contributed by atoms with Gasteiger partial charge in [0.1, 0.15) is 11.5 Å². The molecule has 0 radical (unpaired) electrons. The number of hydrogen-bond donors (Lipinski definition) is 0. The van der Waals surface area contributed by atoms with E-state index in [0.29, 0.717) is 11.3 Å². The maximum absolute atomic E-state index is 14.7. The van der Waals surface area contributed by atoms with Crippen molar-refractivity contribution in [2.24, 2.45) is 0 Å². The summed E-state index contributed by atoms with van der Waals surface area (Å²) in [5.41, 5.74) is 5.69. The number of allylic oxidation sites excluding steroid dienone is 3. The fourth-order valence-electron chi connectivity index (χ4n) is 4.09. The first-order chi connectivity index (χ1) is 16.3. The van der Waals surface area contributed by atoms with Crippen molar-refractivity contribution in [3.05, 3.63) is 88.4 Å². The van der Waals surface area contributed by atoms with E-state index in [4.69, 9.17) is 9.47 Å². The zero-order valence-corrected chi connectivity index (χ0v) is 20.9. The molecule has 1 atom stereocenters. The van der Waals surface area contributed by atoms with Crippen LogP contribution in [0.3, 0.4) is 0 Å². The molecule has 0 spiro atoms. The molecule has 3 aromatic rings.